The zero-order valence-corrected chi connectivity index (χ0v) is 10.6. The van der Waals surface area contributed by atoms with Crippen molar-refractivity contribution in [3.8, 4) is 0 Å². The molecule has 0 radical (unpaired) electrons. The van der Waals surface area contributed by atoms with Gasteiger partial charge in [-0.1, -0.05) is 20.8 Å². The summed E-state index contributed by atoms with van der Waals surface area (Å²) in [4.78, 5) is 13.5. The number of hydrogen-bond acceptors (Lipinski definition) is 1. The topological polar surface area (TPSA) is 32.3 Å². The first-order valence-corrected chi connectivity index (χ1v) is 5.83. The van der Waals surface area contributed by atoms with Crippen LogP contribution in [0.2, 0.25) is 0 Å². The van der Waals surface area contributed by atoms with Crippen molar-refractivity contribution >= 4 is 6.03 Å². The van der Waals surface area contributed by atoms with E-state index < -0.39 is 0 Å². The maximum absolute atomic E-state index is 11.6. The molecule has 1 N–H and O–H groups in total. The SMILES string of the molecule is CC(C)NC(=O)N1CC(CC(C)(C)C)C1. The van der Waals surface area contributed by atoms with Gasteiger partial charge in [0.2, 0.25) is 0 Å². The molecular weight excluding hydrogens is 188 g/mol. The second kappa shape index (κ2) is 4.42. The van der Waals surface area contributed by atoms with Crippen LogP contribution in [0.1, 0.15) is 41.0 Å². The lowest BCUT2D eigenvalue weighted by atomic mass is 9.81. The van der Waals surface area contributed by atoms with E-state index in [2.05, 4.69) is 26.1 Å². The van der Waals surface area contributed by atoms with Gasteiger partial charge in [-0.05, 0) is 31.6 Å². The van der Waals surface area contributed by atoms with Gasteiger partial charge >= 0.3 is 6.03 Å². The van der Waals surface area contributed by atoms with Crippen LogP contribution >= 0.6 is 0 Å². The summed E-state index contributed by atoms with van der Waals surface area (Å²) in [5.41, 5.74) is 0.380. The summed E-state index contributed by atoms with van der Waals surface area (Å²) in [6.07, 6.45) is 1.21. The Morgan fingerprint density at radius 2 is 1.93 bits per heavy atom. The van der Waals surface area contributed by atoms with Crippen LogP contribution in [0.3, 0.4) is 0 Å². The average Bonchev–Trinajstić information content (AvgIpc) is 1.91. The van der Waals surface area contributed by atoms with Crippen molar-refractivity contribution in [2.75, 3.05) is 13.1 Å². The zero-order valence-electron chi connectivity index (χ0n) is 10.6. The van der Waals surface area contributed by atoms with Gasteiger partial charge in [0.05, 0.1) is 0 Å². The van der Waals surface area contributed by atoms with Crippen LogP contribution < -0.4 is 5.32 Å². The van der Waals surface area contributed by atoms with Crippen molar-refractivity contribution in [3.63, 3.8) is 0 Å². The lowest BCUT2D eigenvalue weighted by molar-refractivity contribution is 0.0919. The minimum absolute atomic E-state index is 0.0927. The summed E-state index contributed by atoms with van der Waals surface area (Å²) < 4.78 is 0. The predicted octanol–water partition coefficient (Wildman–Crippen LogP) is 2.47. The van der Waals surface area contributed by atoms with Crippen LogP contribution in [0.4, 0.5) is 4.79 Å². The molecule has 1 rings (SSSR count). The van der Waals surface area contributed by atoms with Gasteiger partial charge in [0.1, 0.15) is 0 Å². The van der Waals surface area contributed by atoms with Crippen LogP contribution in [-0.4, -0.2) is 30.1 Å². The summed E-state index contributed by atoms with van der Waals surface area (Å²) in [5.74, 6) is 0.697. The Balaban J connectivity index is 2.23. The molecule has 1 aliphatic heterocycles. The molecule has 88 valence electrons. The summed E-state index contributed by atoms with van der Waals surface area (Å²) in [7, 11) is 0. The van der Waals surface area contributed by atoms with Crippen molar-refractivity contribution in [2.24, 2.45) is 11.3 Å². The number of nitrogens with one attached hydrogen (secondary N) is 1. The molecular formula is C12H24N2O. The van der Waals surface area contributed by atoms with E-state index in [1.54, 1.807) is 0 Å². The summed E-state index contributed by atoms with van der Waals surface area (Å²) in [6.45, 7) is 12.6. The van der Waals surface area contributed by atoms with Crippen LogP contribution in [0.15, 0.2) is 0 Å². The van der Waals surface area contributed by atoms with Crippen LogP contribution in [0.25, 0.3) is 0 Å². The molecule has 0 spiro atoms. The fraction of sp³-hybridized carbons (Fsp3) is 0.917. The molecule has 1 saturated heterocycles. The van der Waals surface area contributed by atoms with Crippen molar-refractivity contribution in [2.45, 2.75) is 47.1 Å². The molecule has 15 heavy (non-hydrogen) atoms. The van der Waals surface area contributed by atoms with Gasteiger partial charge in [0.25, 0.3) is 0 Å². The number of amides is 2. The second-order valence-corrected chi connectivity index (χ2v) is 6.14. The van der Waals surface area contributed by atoms with E-state index in [9.17, 15) is 4.79 Å². The van der Waals surface area contributed by atoms with E-state index in [1.165, 1.54) is 6.42 Å². The summed E-state index contributed by atoms with van der Waals surface area (Å²) in [6, 6.07) is 0.328. The average molecular weight is 212 g/mol. The van der Waals surface area contributed by atoms with E-state index in [0.29, 0.717) is 11.3 Å². The Morgan fingerprint density at radius 1 is 1.40 bits per heavy atom. The first kappa shape index (κ1) is 12.3. The van der Waals surface area contributed by atoms with Crippen molar-refractivity contribution in [1.82, 2.24) is 10.2 Å². The molecule has 0 saturated carbocycles. The predicted molar refractivity (Wildman–Crippen MR) is 62.8 cm³/mol. The van der Waals surface area contributed by atoms with Gasteiger partial charge in [0, 0.05) is 19.1 Å². The molecule has 0 unspecified atom stereocenters. The third kappa shape index (κ3) is 4.10. The lowest BCUT2D eigenvalue weighted by Gasteiger charge is -2.42. The highest BCUT2D eigenvalue weighted by Gasteiger charge is 2.33. The van der Waals surface area contributed by atoms with E-state index in [1.807, 2.05) is 18.7 Å². The third-order valence-electron chi connectivity index (χ3n) is 2.56. The van der Waals surface area contributed by atoms with Gasteiger partial charge in [-0.2, -0.15) is 0 Å². The molecule has 1 aliphatic rings. The highest BCUT2D eigenvalue weighted by molar-refractivity contribution is 5.75. The zero-order chi connectivity index (χ0) is 11.6. The molecule has 1 fully saturated rings. The minimum atomic E-state index is 0.0927. The fourth-order valence-corrected chi connectivity index (χ4v) is 2.07. The van der Waals surface area contributed by atoms with Crippen molar-refractivity contribution in [1.29, 1.82) is 0 Å². The van der Waals surface area contributed by atoms with Gasteiger partial charge in [0.15, 0.2) is 0 Å². The monoisotopic (exact) mass is 212 g/mol. The number of hydrogen-bond donors (Lipinski definition) is 1. The van der Waals surface area contributed by atoms with Gasteiger partial charge in [-0.25, -0.2) is 4.79 Å². The van der Waals surface area contributed by atoms with Crippen molar-refractivity contribution in [3.05, 3.63) is 0 Å². The number of carbonyl (C=O) groups excluding carboxylic acids is 1. The standard InChI is InChI=1S/C12H24N2O/c1-9(2)13-11(15)14-7-10(8-14)6-12(3,4)5/h9-10H,6-8H2,1-5H3,(H,13,15). The smallest absolute Gasteiger partial charge is 0.317 e. The number of nitrogens with zero attached hydrogens (tertiary/aromatic N) is 1. The molecule has 0 aromatic rings. The van der Waals surface area contributed by atoms with E-state index in [4.69, 9.17) is 0 Å². The molecule has 1 heterocycles. The Labute approximate surface area is 93.2 Å². The molecule has 3 heteroatoms. The highest BCUT2D eigenvalue weighted by Crippen LogP contribution is 2.30. The molecule has 0 aromatic carbocycles. The Hall–Kier alpha value is -0.730. The quantitative estimate of drug-likeness (QED) is 0.749. The van der Waals surface area contributed by atoms with Crippen molar-refractivity contribution < 1.29 is 4.79 Å². The first-order chi connectivity index (χ1) is 6.78. The van der Waals surface area contributed by atoms with E-state index in [-0.39, 0.29) is 12.1 Å². The van der Waals surface area contributed by atoms with Gasteiger partial charge in [-0.3, -0.25) is 0 Å². The molecule has 0 aliphatic carbocycles. The van der Waals surface area contributed by atoms with E-state index in [0.717, 1.165) is 13.1 Å². The summed E-state index contributed by atoms with van der Waals surface area (Å²) >= 11 is 0. The maximum Gasteiger partial charge on any atom is 0.317 e. The largest absolute Gasteiger partial charge is 0.336 e. The fourth-order valence-electron chi connectivity index (χ4n) is 2.07. The summed E-state index contributed by atoms with van der Waals surface area (Å²) in [5, 5.41) is 2.92. The number of carbonyl (C=O) groups is 1. The first-order valence-electron chi connectivity index (χ1n) is 5.83. The van der Waals surface area contributed by atoms with E-state index >= 15 is 0 Å². The molecule has 0 aromatic heterocycles. The van der Waals surface area contributed by atoms with Gasteiger partial charge in [-0.15, -0.1) is 0 Å². The highest BCUT2D eigenvalue weighted by atomic mass is 16.2. The minimum Gasteiger partial charge on any atom is -0.336 e. The second-order valence-electron chi connectivity index (χ2n) is 6.14. The normalized spacial score (nSPS) is 17.9. The number of rotatable bonds is 2. The maximum atomic E-state index is 11.6. The van der Waals surface area contributed by atoms with Crippen LogP contribution in [0, 0.1) is 11.3 Å². The number of likely N-dealkylation sites (tertiary alicyclic amines) is 1. The van der Waals surface area contributed by atoms with Gasteiger partial charge < -0.3 is 10.2 Å². The Bertz CT molecular complexity index is 224. The molecule has 0 atom stereocenters. The molecule has 3 nitrogen and oxygen atoms in total. The Morgan fingerprint density at radius 3 is 2.33 bits per heavy atom. The number of urea groups is 1. The third-order valence-corrected chi connectivity index (χ3v) is 2.56. The van der Waals surface area contributed by atoms with Crippen LogP contribution in [-0.2, 0) is 0 Å². The van der Waals surface area contributed by atoms with Crippen LogP contribution in [0.5, 0.6) is 0 Å². The molecule has 2 amide bonds. The Kier molecular flexibility index (Phi) is 3.63. The molecule has 0 bridgehead atoms. The lowest BCUT2D eigenvalue weighted by Crippen LogP contribution is -2.55.